The molecule has 0 spiro atoms. The maximum Gasteiger partial charge on any atom is 0.232 e. The van der Waals surface area contributed by atoms with Crippen LogP contribution in [0.4, 0.5) is 5.69 Å². The Hall–Kier alpha value is -1.47. The first kappa shape index (κ1) is 16.6. The number of rotatable bonds is 9. The van der Waals surface area contributed by atoms with Crippen LogP contribution in [0.2, 0.25) is 0 Å². The predicted molar refractivity (Wildman–Crippen MR) is 79.9 cm³/mol. The number of nitrogens with two attached hydrogens (primary N) is 1. The van der Waals surface area contributed by atoms with Crippen LogP contribution in [0, 0.1) is 0 Å². The van der Waals surface area contributed by atoms with Gasteiger partial charge in [-0.3, -0.25) is 4.72 Å². The second-order valence-corrected chi connectivity index (χ2v) is 5.93. The van der Waals surface area contributed by atoms with Crippen molar-refractivity contribution in [2.45, 2.75) is 20.3 Å². The molecule has 0 saturated heterocycles. The molecule has 3 N–H and O–H groups in total. The van der Waals surface area contributed by atoms with Gasteiger partial charge in [0.1, 0.15) is 11.5 Å². The van der Waals surface area contributed by atoms with Gasteiger partial charge in [0, 0.05) is 6.07 Å². The first-order valence-corrected chi connectivity index (χ1v) is 8.27. The van der Waals surface area contributed by atoms with E-state index >= 15 is 0 Å². The van der Waals surface area contributed by atoms with Crippen LogP contribution >= 0.6 is 0 Å². The Morgan fingerprint density at radius 2 is 1.90 bits per heavy atom. The van der Waals surface area contributed by atoms with Crippen molar-refractivity contribution < 1.29 is 17.9 Å². The molecule has 7 heteroatoms. The molecule has 0 radical (unpaired) electrons. The molecular weight excluding hydrogens is 280 g/mol. The summed E-state index contributed by atoms with van der Waals surface area (Å²) in [6, 6.07) is 5.05. The van der Waals surface area contributed by atoms with E-state index in [0.717, 1.165) is 0 Å². The maximum absolute atomic E-state index is 11.9. The third-order valence-electron chi connectivity index (χ3n) is 2.44. The highest BCUT2D eigenvalue weighted by atomic mass is 32.2. The summed E-state index contributed by atoms with van der Waals surface area (Å²) >= 11 is 0. The smallest absolute Gasteiger partial charge is 0.232 e. The summed E-state index contributed by atoms with van der Waals surface area (Å²) in [5.74, 6) is 1.05. The van der Waals surface area contributed by atoms with Crippen LogP contribution < -0.4 is 19.9 Å². The summed E-state index contributed by atoms with van der Waals surface area (Å²) in [6.07, 6.45) is 0.407. The van der Waals surface area contributed by atoms with Crippen molar-refractivity contribution >= 4 is 15.7 Å². The average Bonchev–Trinajstić information content (AvgIpc) is 2.40. The van der Waals surface area contributed by atoms with Crippen molar-refractivity contribution in [2.75, 3.05) is 30.2 Å². The second kappa shape index (κ2) is 7.96. The molecule has 0 aliphatic rings. The zero-order valence-corrected chi connectivity index (χ0v) is 12.7. The van der Waals surface area contributed by atoms with Gasteiger partial charge >= 0.3 is 0 Å². The van der Waals surface area contributed by atoms with Crippen LogP contribution in [0.3, 0.4) is 0 Å². The molecule has 1 aromatic carbocycles. The fraction of sp³-hybridized carbons (Fsp3) is 0.538. The van der Waals surface area contributed by atoms with Crippen LogP contribution in [-0.4, -0.2) is 33.9 Å². The molecule has 0 amide bonds. The number of anilines is 1. The van der Waals surface area contributed by atoms with Gasteiger partial charge in [-0.1, -0.05) is 0 Å². The van der Waals surface area contributed by atoms with Crippen LogP contribution in [0.15, 0.2) is 18.2 Å². The zero-order valence-electron chi connectivity index (χ0n) is 11.9. The van der Waals surface area contributed by atoms with E-state index in [1.807, 2.05) is 13.8 Å². The Labute approximate surface area is 120 Å². The summed E-state index contributed by atoms with van der Waals surface area (Å²) in [5, 5.41) is 0. The third-order valence-corrected chi connectivity index (χ3v) is 3.80. The lowest BCUT2D eigenvalue weighted by Crippen LogP contribution is -2.19. The van der Waals surface area contributed by atoms with Crippen LogP contribution in [0.25, 0.3) is 0 Å². The lowest BCUT2D eigenvalue weighted by atomic mass is 10.3. The molecular formula is C13H22N2O4S. The highest BCUT2D eigenvalue weighted by molar-refractivity contribution is 7.92. The largest absolute Gasteiger partial charge is 0.494 e. The molecule has 0 aliphatic heterocycles. The number of nitrogens with one attached hydrogen (secondary N) is 1. The van der Waals surface area contributed by atoms with Gasteiger partial charge in [0.2, 0.25) is 10.0 Å². The monoisotopic (exact) mass is 302 g/mol. The molecule has 114 valence electrons. The molecule has 0 heterocycles. The van der Waals surface area contributed by atoms with Gasteiger partial charge in [-0.15, -0.1) is 0 Å². The molecule has 0 fully saturated rings. The van der Waals surface area contributed by atoms with Gasteiger partial charge in [0.05, 0.1) is 24.7 Å². The Kier molecular flexibility index (Phi) is 6.60. The highest BCUT2D eigenvalue weighted by Gasteiger charge is 2.14. The molecule has 0 atom stereocenters. The van der Waals surface area contributed by atoms with Crippen molar-refractivity contribution in [3.63, 3.8) is 0 Å². The predicted octanol–water partition coefficient (Wildman–Crippen LogP) is 1.57. The van der Waals surface area contributed by atoms with Crippen LogP contribution in [0.5, 0.6) is 11.5 Å². The van der Waals surface area contributed by atoms with Crippen LogP contribution in [0.1, 0.15) is 20.3 Å². The molecule has 0 unspecified atom stereocenters. The van der Waals surface area contributed by atoms with Gasteiger partial charge < -0.3 is 15.2 Å². The minimum absolute atomic E-state index is 0.0199. The minimum Gasteiger partial charge on any atom is -0.494 e. The minimum atomic E-state index is -3.43. The van der Waals surface area contributed by atoms with E-state index in [1.165, 1.54) is 0 Å². The van der Waals surface area contributed by atoms with E-state index in [4.69, 9.17) is 15.2 Å². The van der Waals surface area contributed by atoms with Crippen molar-refractivity contribution in [3.8, 4) is 11.5 Å². The second-order valence-electron chi connectivity index (χ2n) is 4.09. The normalized spacial score (nSPS) is 11.2. The first-order valence-electron chi connectivity index (χ1n) is 6.62. The standard InChI is InChI=1S/C13H22N2O4S/c1-3-18-11-6-7-13(19-4-2)12(10-11)15-20(16,17)9-5-8-14/h6-7,10,15H,3-5,8-9,14H2,1-2H3. The summed E-state index contributed by atoms with van der Waals surface area (Å²) in [5.41, 5.74) is 5.72. The fourth-order valence-electron chi connectivity index (χ4n) is 1.62. The third kappa shape index (κ3) is 5.26. The van der Waals surface area contributed by atoms with E-state index < -0.39 is 10.0 Å². The van der Waals surface area contributed by atoms with E-state index in [-0.39, 0.29) is 5.75 Å². The fourth-order valence-corrected chi connectivity index (χ4v) is 2.76. The number of benzene rings is 1. The van der Waals surface area contributed by atoms with Gasteiger partial charge in [0.15, 0.2) is 0 Å². The number of ether oxygens (including phenoxy) is 2. The van der Waals surface area contributed by atoms with E-state index in [0.29, 0.717) is 43.4 Å². The van der Waals surface area contributed by atoms with E-state index in [9.17, 15) is 8.42 Å². The van der Waals surface area contributed by atoms with Gasteiger partial charge in [-0.25, -0.2) is 8.42 Å². The zero-order chi connectivity index (χ0) is 15.0. The molecule has 20 heavy (non-hydrogen) atoms. The molecule has 0 aliphatic carbocycles. The van der Waals surface area contributed by atoms with Crippen molar-refractivity contribution in [3.05, 3.63) is 18.2 Å². The van der Waals surface area contributed by atoms with Crippen LogP contribution in [-0.2, 0) is 10.0 Å². The maximum atomic E-state index is 11.9. The lowest BCUT2D eigenvalue weighted by molar-refractivity contribution is 0.332. The van der Waals surface area contributed by atoms with Crippen molar-refractivity contribution in [1.29, 1.82) is 0 Å². The van der Waals surface area contributed by atoms with E-state index in [1.54, 1.807) is 18.2 Å². The highest BCUT2D eigenvalue weighted by Crippen LogP contribution is 2.30. The molecule has 0 saturated carbocycles. The van der Waals surface area contributed by atoms with Gasteiger partial charge in [-0.05, 0) is 38.9 Å². The molecule has 1 aromatic rings. The topological polar surface area (TPSA) is 90.6 Å². The Morgan fingerprint density at radius 3 is 2.50 bits per heavy atom. The number of hydrogen-bond donors (Lipinski definition) is 2. The Bertz CT molecular complexity index is 517. The summed E-state index contributed by atoms with van der Waals surface area (Å²) in [6.45, 7) is 4.99. The average molecular weight is 302 g/mol. The Balaban J connectivity index is 2.97. The molecule has 6 nitrogen and oxygen atoms in total. The van der Waals surface area contributed by atoms with Gasteiger partial charge in [-0.2, -0.15) is 0 Å². The quantitative estimate of drug-likeness (QED) is 0.722. The van der Waals surface area contributed by atoms with E-state index in [2.05, 4.69) is 4.72 Å². The van der Waals surface area contributed by atoms with Gasteiger partial charge in [0.25, 0.3) is 0 Å². The summed E-state index contributed by atoms with van der Waals surface area (Å²) in [4.78, 5) is 0. The first-order chi connectivity index (χ1) is 9.52. The van der Waals surface area contributed by atoms with Crippen molar-refractivity contribution in [1.82, 2.24) is 0 Å². The summed E-state index contributed by atoms with van der Waals surface area (Å²) < 4.78 is 37.1. The molecule has 1 rings (SSSR count). The number of sulfonamides is 1. The summed E-state index contributed by atoms with van der Waals surface area (Å²) in [7, 11) is -3.43. The molecule has 0 bridgehead atoms. The number of hydrogen-bond acceptors (Lipinski definition) is 5. The van der Waals surface area contributed by atoms with Crippen molar-refractivity contribution in [2.24, 2.45) is 5.73 Å². The lowest BCUT2D eigenvalue weighted by Gasteiger charge is -2.14. The Morgan fingerprint density at radius 1 is 1.20 bits per heavy atom. The molecule has 0 aromatic heterocycles. The SMILES string of the molecule is CCOc1ccc(OCC)c(NS(=O)(=O)CCCN)c1.